The summed E-state index contributed by atoms with van der Waals surface area (Å²) >= 11 is 0. The molecule has 3 aromatic heterocycles. The molecule has 20 aromatic carbocycles. The first-order valence-electron chi connectivity index (χ1n) is 44.9. The molecule has 0 N–H and O–H groups in total. The molecule has 0 saturated heterocycles. The lowest BCUT2D eigenvalue weighted by molar-refractivity contribution is 0.660. The van der Waals surface area contributed by atoms with Crippen LogP contribution in [0.5, 0.6) is 0 Å². The molecule has 5 nitrogen and oxygen atoms in total. The quantitative estimate of drug-likeness (QED) is 0.0802. The van der Waals surface area contributed by atoms with Crippen LogP contribution in [0.3, 0.4) is 0 Å². The monoisotopic (exact) mass is 1660 g/mol. The molecular formula is C125H90N4O. The van der Waals surface area contributed by atoms with Gasteiger partial charge in [0.25, 0.3) is 0 Å². The summed E-state index contributed by atoms with van der Waals surface area (Å²) in [6, 6.07) is 185. The Morgan fingerprint density at radius 2 is 0.515 bits per heavy atom. The van der Waals surface area contributed by atoms with Gasteiger partial charge >= 0.3 is 0 Å². The van der Waals surface area contributed by atoms with Gasteiger partial charge in [0.2, 0.25) is 0 Å². The van der Waals surface area contributed by atoms with Crippen LogP contribution in [0, 0.1) is 0 Å². The molecule has 0 unspecified atom stereocenters. The highest BCUT2D eigenvalue weighted by molar-refractivity contribution is 6.13. The van der Waals surface area contributed by atoms with Crippen LogP contribution in [0.4, 0.5) is 34.1 Å². The fraction of sp³-hybridized carbons (Fsp3) is 0.0400. The minimum atomic E-state index is -0.499. The molecule has 0 amide bonds. The summed E-state index contributed by atoms with van der Waals surface area (Å²) in [4.78, 5) is 4.82. The minimum Gasteiger partial charge on any atom is -0.456 e. The highest BCUT2D eigenvalue weighted by Crippen LogP contribution is 2.56. The predicted octanol–water partition coefficient (Wildman–Crippen LogP) is 32.8. The fourth-order valence-electron chi connectivity index (χ4n) is 21.1. The molecule has 0 aliphatic heterocycles. The van der Waals surface area contributed by atoms with E-state index in [4.69, 9.17) is 4.42 Å². The molecule has 1 aliphatic carbocycles. The molecule has 5 heteroatoms. The van der Waals surface area contributed by atoms with Gasteiger partial charge in [0, 0.05) is 89.2 Å². The molecule has 0 bridgehead atoms. The topological polar surface area (TPSA) is 29.5 Å². The summed E-state index contributed by atoms with van der Waals surface area (Å²) in [7, 11) is 0. The van der Waals surface area contributed by atoms with Crippen molar-refractivity contribution in [1.29, 1.82) is 0 Å². The lowest BCUT2D eigenvalue weighted by Gasteiger charge is -2.37. The molecule has 23 aromatic rings. The van der Waals surface area contributed by atoms with Crippen molar-refractivity contribution < 1.29 is 4.42 Å². The smallest absolute Gasteiger partial charge is 0.137 e. The van der Waals surface area contributed by atoms with Crippen molar-refractivity contribution in [2.75, 3.05) is 9.80 Å². The second kappa shape index (κ2) is 32.7. The van der Waals surface area contributed by atoms with Gasteiger partial charge < -0.3 is 23.4 Å². The molecule has 0 spiro atoms. The molecule has 3 heterocycles. The third-order valence-corrected chi connectivity index (χ3v) is 27.1. The van der Waals surface area contributed by atoms with Crippen molar-refractivity contribution in [1.82, 2.24) is 9.13 Å². The number of rotatable bonds is 18. The highest BCUT2D eigenvalue weighted by Gasteiger charge is 2.42. The van der Waals surface area contributed by atoms with Gasteiger partial charge in [-0.2, -0.15) is 0 Å². The normalized spacial score (nSPS) is 12.3. The third kappa shape index (κ3) is 13.2. The van der Waals surface area contributed by atoms with Gasteiger partial charge in [-0.05, 0) is 193 Å². The summed E-state index contributed by atoms with van der Waals surface area (Å²) in [5, 5.41) is 7.15. The number of aromatic nitrogens is 2. The van der Waals surface area contributed by atoms with E-state index in [1.54, 1.807) is 0 Å². The molecule has 24 rings (SSSR count). The van der Waals surface area contributed by atoms with E-state index in [2.05, 4.69) is 530 Å². The Morgan fingerprint density at radius 1 is 0.215 bits per heavy atom. The Balaban J connectivity index is 0.000000148. The molecule has 130 heavy (non-hydrogen) atoms. The Kier molecular flexibility index (Phi) is 19.7. The van der Waals surface area contributed by atoms with E-state index in [9.17, 15) is 0 Å². The first-order valence-corrected chi connectivity index (χ1v) is 44.9. The Bertz CT molecular complexity index is 7860. The third-order valence-electron chi connectivity index (χ3n) is 27.1. The number of hydrogen-bond donors (Lipinski definition) is 0. The zero-order chi connectivity index (χ0) is 86.7. The standard InChI is InChI=1S/C64H48N2.C61H42N2O/c1-63(2)57-30-17-15-29-56(57)62-58(63)31-19-33-60(62)65(53-42-43-55-54-28-16-18-32-59(54)66(61(55)44-53)51-26-13-6-14-27-51)52-40-36-46(37-41-52)45-34-38-50(39-35-45)64(47-20-7-3-8-21-47,48-22-9-4-10-23-48)49-24-11-5-12-25-49;1-5-17-45(18-6-1)61(46-19-7-2-8-20-46,47-21-9-3-10-22-47)48-33-29-43(30-34-48)44-31-35-50(36-32-44)62(52-38-40-56-55-26-14-16-28-59(55)64-60(56)42-52)51-37-39-54-53-25-13-15-27-57(53)63(58(54)41-51)49-23-11-4-12-24-49/h3-44H,1-2H3;1-42H. The second-order valence-electron chi connectivity index (χ2n) is 34.5. The maximum absolute atomic E-state index is 6.47. The van der Waals surface area contributed by atoms with Crippen LogP contribution >= 0.6 is 0 Å². The van der Waals surface area contributed by atoms with E-state index in [0.717, 1.165) is 78.4 Å². The van der Waals surface area contributed by atoms with E-state index < -0.39 is 10.8 Å². The zero-order valence-electron chi connectivity index (χ0n) is 72.2. The van der Waals surface area contributed by atoms with Gasteiger partial charge in [0.1, 0.15) is 11.2 Å². The van der Waals surface area contributed by atoms with Crippen molar-refractivity contribution in [3.8, 4) is 44.8 Å². The van der Waals surface area contributed by atoms with Crippen molar-refractivity contribution in [2.24, 2.45) is 0 Å². The van der Waals surface area contributed by atoms with Gasteiger partial charge in [-0.25, -0.2) is 0 Å². The van der Waals surface area contributed by atoms with Crippen LogP contribution in [0.2, 0.25) is 0 Å². The number of para-hydroxylation sites is 5. The first kappa shape index (κ1) is 78.1. The van der Waals surface area contributed by atoms with Gasteiger partial charge in [-0.3, -0.25) is 0 Å². The highest BCUT2D eigenvalue weighted by atomic mass is 16.3. The van der Waals surface area contributed by atoms with Crippen molar-refractivity contribution in [3.05, 3.63) is 565 Å². The molecule has 1 aliphatic rings. The average molecular weight is 1660 g/mol. The van der Waals surface area contributed by atoms with Crippen LogP contribution in [-0.2, 0) is 16.2 Å². The Hall–Kier alpha value is -16.6. The summed E-state index contributed by atoms with van der Waals surface area (Å²) < 4.78 is 11.3. The number of nitrogens with zero attached hydrogens (tertiary/aromatic N) is 4. The molecule has 0 fully saturated rings. The largest absolute Gasteiger partial charge is 0.456 e. The summed E-state index contributed by atoms with van der Waals surface area (Å²) in [5.74, 6) is 0. The molecule has 0 atom stereocenters. The van der Waals surface area contributed by atoms with E-state index in [-0.39, 0.29) is 5.41 Å². The van der Waals surface area contributed by atoms with Crippen molar-refractivity contribution in [3.63, 3.8) is 0 Å². The number of benzene rings is 20. The maximum atomic E-state index is 6.47. The van der Waals surface area contributed by atoms with Crippen molar-refractivity contribution >= 4 is 99.7 Å². The Morgan fingerprint density at radius 3 is 0.946 bits per heavy atom. The molecule has 616 valence electrons. The number of anilines is 6. The Labute approximate surface area is 757 Å². The maximum Gasteiger partial charge on any atom is 0.137 e. The SMILES string of the molecule is CC1(C)c2ccccc2-c2c(N(c3ccc(-c4ccc(C(c5ccccc5)(c5ccccc5)c5ccccc5)cc4)cc3)c3ccc4c5ccccc5n(-c5ccccc5)c4c3)cccc21.c1ccc(-n2c3ccccc3c3ccc(N(c4ccc(-c5ccc(C(c6ccccc6)(c6ccccc6)c6ccccc6)cc5)cc4)c4ccc5c(c4)oc4ccccc45)cc32)cc1. The fourth-order valence-corrected chi connectivity index (χ4v) is 21.1. The van der Waals surface area contributed by atoms with Crippen LogP contribution in [-0.4, -0.2) is 9.13 Å². The van der Waals surface area contributed by atoms with E-state index in [0.29, 0.717) is 0 Å². The van der Waals surface area contributed by atoms with Gasteiger partial charge in [-0.1, -0.05) is 408 Å². The summed E-state index contributed by atoms with van der Waals surface area (Å²) in [5.41, 5.74) is 33.9. The van der Waals surface area contributed by atoms with Crippen LogP contribution in [0.25, 0.3) is 110 Å². The summed E-state index contributed by atoms with van der Waals surface area (Å²) in [6.45, 7) is 4.72. The first-order chi connectivity index (χ1) is 64.2. The van der Waals surface area contributed by atoms with Crippen LogP contribution in [0.1, 0.15) is 69.5 Å². The van der Waals surface area contributed by atoms with Gasteiger partial charge in [-0.15, -0.1) is 0 Å². The van der Waals surface area contributed by atoms with Crippen molar-refractivity contribution in [2.45, 2.75) is 30.1 Å². The molecule has 0 radical (unpaired) electrons. The predicted molar refractivity (Wildman–Crippen MR) is 543 cm³/mol. The van der Waals surface area contributed by atoms with E-state index in [1.807, 2.05) is 12.1 Å². The minimum absolute atomic E-state index is 0.133. The van der Waals surface area contributed by atoms with Crippen LogP contribution < -0.4 is 9.80 Å². The summed E-state index contributed by atoms with van der Waals surface area (Å²) in [6.07, 6.45) is 0. The van der Waals surface area contributed by atoms with E-state index in [1.165, 1.54) is 122 Å². The molecule has 0 saturated carbocycles. The zero-order valence-corrected chi connectivity index (χ0v) is 72.2. The van der Waals surface area contributed by atoms with Gasteiger partial charge in [0.15, 0.2) is 0 Å². The molecular weight excluding hydrogens is 1570 g/mol. The number of furan rings is 1. The lowest BCUT2D eigenvalue weighted by Crippen LogP contribution is -2.30. The van der Waals surface area contributed by atoms with Crippen LogP contribution in [0.15, 0.2) is 514 Å². The second-order valence-corrected chi connectivity index (χ2v) is 34.5. The number of fused-ring (bicyclic) bond motifs is 12. The lowest BCUT2D eigenvalue weighted by atomic mass is 9.65. The average Bonchev–Trinajstić information content (AvgIpc) is 1.53. The van der Waals surface area contributed by atoms with Gasteiger partial charge in [0.05, 0.1) is 38.6 Å². The van der Waals surface area contributed by atoms with E-state index >= 15 is 0 Å². The number of hydrogen-bond acceptors (Lipinski definition) is 3.